The Labute approximate surface area is 77.9 Å². The molecule has 0 atom stereocenters. The Kier molecular flexibility index (Phi) is 5.33. The van der Waals surface area contributed by atoms with Crippen LogP contribution >= 0.6 is 11.8 Å². The second-order valence-corrected chi connectivity index (χ2v) is 4.34. The first-order valence-electron chi connectivity index (χ1n) is 3.94. The molecule has 0 aliphatic carbocycles. The molecule has 72 valence electrons. The first kappa shape index (κ1) is 11.8. The Morgan fingerprint density at radius 2 is 2.17 bits per heavy atom. The molecule has 0 unspecified atom stereocenters. The second-order valence-electron chi connectivity index (χ2n) is 3.36. The van der Waals surface area contributed by atoms with Crippen LogP contribution in [0.15, 0.2) is 0 Å². The first-order valence-corrected chi connectivity index (χ1v) is 5.33. The highest BCUT2D eigenvalue weighted by Crippen LogP contribution is 2.12. The summed E-state index contributed by atoms with van der Waals surface area (Å²) < 4.78 is 0. The highest BCUT2D eigenvalue weighted by atomic mass is 32.2. The normalized spacial score (nSPS) is 11.6. The van der Waals surface area contributed by atoms with E-state index in [1.54, 1.807) is 25.6 Å². The van der Waals surface area contributed by atoms with E-state index >= 15 is 0 Å². The Morgan fingerprint density at radius 3 is 2.58 bits per heavy atom. The monoisotopic (exact) mass is 191 g/mol. The molecule has 0 bridgehead atoms. The van der Waals surface area contributed by atoms with Crippen LogP contribution in [0.3, 0.4) is 0 Å². The molecule has 0 saturated heterocycles. The average molecular weight is 191 g/mol. The van der Waals surface area contributed by atoms with Crippen molar-refractivity contribution in [2.45, 2.75) is 13.8 Å². The molecule has 0 aromatic heterocycles. The summed E-state index contributed by atoms with van der Waals surface area (Å²) in [6.45, 7) is 4.85. The lowest BCUT2D eigenvalue weighted by molar-refractivity contribution is -0.146. The number of hydrogen-bond donors (Lipinski definition) is 2. The van der Waals surface area contributed by atoms with Gasteiger partial charge in [0.15, 0.2) is 0 Å². The third kappa shape index (κ3) is 4.62. The molecule has 0 radical (unpaired) electrons. The van der Waals surface area contributed by atoms with Crippen LogP contribution in [-0.4, -0.2) is 36.2 Å². The van der Waals surface area contributed by atoms with Gasteiger partial charge in [0.25, 0.3) is 0 Å². The maximum Gasteiger partial charge on any atom is 0.310 e. The van der Waals surface area contributed by atoms with Gasteiger partial charge in [-0.25, -0.2) is 0 Å². The Morgan fingerprint density at radius 1 is 1.58 bits per heavy atom. The van der Waals surface area contributed by atoms with Gasteiger partial charge in [0, 0.05) is 18.8 Å². The summed E-state index contributed by atoms with van der Waals surface area (Å²) in [6.07, 6.45) is 2.03. The lowest BCUT2D eigenvalue weighted by Crippen LogP contribution is -2.36. The molecule has 0 aliphatic heterocycles. The fraction of sp³-hybridized carbons (Fsp3) is 0.875. The fourth-order valence-electron chi connectivity index (χ4n) is 0.651. The summed E-state index contributed by atoms with van der Waals surface area (Å²) in [7, 11) is 0. The lowest BCUT2D eigenvalue weighted by atomic mass is 9.94. The molecule has 0 rings (SSSR count). The van der Waals surface area contributed by atoms with Crippen molar-refractivity contribution in [1.29, 1.82) is 0 Å². The third-order valence-electron chi connectivity index (χ3n) is 1.63. The quantitative estimate of drug-likeness (QED) is 0.616. The van der Waals surface area contributed by atoms with Crippen LogP contribution in [0.25, 0.3) is 0 Å². The van der Waals surface area contributed by atoms with E-state index < -0.39 is 11.4 Å². The van der Waals surface area contributed by atoms with Crippen LogP contribution in [-0.2, 0) is 4.79 Å². The maximum absolute atomic E-state index is 10.6. The van der Waals surface area contributed by atoms with E-state index in [9.17, 15) is 4.79 Å². The van der Waals surface area contributed by atoms with E-state index in [1.165, 1.54) is 0 Å². The molecule has 3 nitrogen and oxygen atoms in total. The first-order chi connectivity index (χ1) is 5.50. The van der Waals surface area contributed by atoms with Crippen LogP contribution in [0.4, 0.5) is 0 Å². The zero-order valence-corrected chi connectivity index (χ0v) is 8.70. The summed E-state index contributed by atoms with van der Waals surface area (Å²) in [5, 5.41) is 11.9. The van der Waals surface area contributed by atoms with Gasteiger partial charge in [0.1, 0.15) is 0 Å². The topological polar surface area (TPSA) is 49.3 Å². The number of rotatable bonds is 6. The largest absolute Gasteiger partial charge is 0.481 e. The summed E-state index contributed by atoms with van der Waals surface area (Å²) in [6, 6.07) is 0. The molecule has 0 spiro atoms. The van der Waals surface area contributed by atoms with Gasteiger partial charge in [-0.15, -0.1) is 0 Å². The SMILES string of the molecule is CSCCNCC(C)(C)C(=O)O. The summed E-state index contributed by atoms with van der Waals surface area (Å²) >= 11 is 1.75. The van der Waals surface area contributed by atoms with Crippen molar-refractivity contribution in [3.05, 3.63) is 0 Å². The zero-order chi connectivity index (χ0) is 9.61. The minimum atomic E-state index is -0.751. The van der Waals surface area contributed by atoms with E-state index in [1.807, 2.05) is 6.26 Å². The molecule has 0 amide bonds. The van der Waals surface area contributed by atoms with Crippen molar-refractivity contribution >= 4 is 17.7 Å². The number of nitrogens with one attached hydrogen (secondary N) is 1. The number of carbonyl (C=O) groups is 1. The Hall–Kier alpha value is -0.220. The number of thioether (sulfide) groups is 1. The van der Waals surface area contributed by atoms with E-state index in [-0.39, 0.29) is 0 Å². The molecular formula is C8H17NO2S. The van der Waals surface area contributed by atoms with Gasteiger partial charge in [-0.2, -0.15) is 11.8 Å². The predicted molar refractivity (Wildman–Crippen MR) is 52.7 cm³/mol. The van der Waals surface area contributed by atoms with Crippen molar-refractivity contribution in [3.63, 3.8) is 0 Å². The molecule has 0 aromatic rings. The zero-order valence-electron chi connectivity index (χ0n) is 7.89. The third-order valence-corrected chi connectivity index (χ3v) is 2.24. The van der Waals surface area contributed by atoms with Gasteiger partial charge in [-0.3, -0.25) is 4.79 Å². The maximum atomic E-state index is 10.6. The number of carboxylic acid groups (broad SMARTS) is 1. The van der Waals surface area contributed by atoms with Gasteiger partial charge < -0.3 is 10.4 Å². The van der Waals surface area contributed by atoms with Gasteiger partial charge in [0.05, 0.1) is 5.41 Å². The highest BCUT2D eigenvalue weighted by Gasteiger charge is 2.25. The van der Waals surface area contributed by atoms with E-state index in [4.69, 9.17) is 5.11 Å². The molecular weight excluding hydrogens is 174 g/mol. The fourth-order valence-corrected chi connectivity index (χ4v) is 0.999. The van der Waals surface area contributed by atoms with E-state index in [2.05, 4.69) is 5.32 Å². The average Bonchev–Trinajstić information content (AvgIpc) is 1.98. The predicted octanol–water partition coefficient (Wildman–Crippen LogP) is 1.05. The van der Waals surface area contributed by atoms with Crippen LogP contribution in [0.2, 0.25) is 0 Å². The molecule has 0 saturated carbocycles. The van der Waals surface area contributed by atoms with Crippen LogP contribution < -0.4 is 5.32 Å². The highest BCUT2D eigenvalue weighted by molar-refractivity contribution is 7.98. The van der Waals surface area contributed by atoms with Crippen molar-refractivity contribution in [1.82, 2.24) is 5.32 Å². The van der Waals surface area contributed by atoms with Crippen LogP contribution in [0.5, 0.6) is 0 Å². The Balaban J connectivity index is 3.54. The van der Waals surface area contributed by atoms with Gasteiger partial charge in [0.2, 0.25) is 0 Å². The van der Waals surface area contributed by atoms with Crippen molar-refractivity contribution in [2.24, 2.45) is 5.41 Å². The lowest BCUT2D eigenvalue weighted by Gasteiger charge is -2.19. The summed E-state index contributed by atoms with van der Waals surface area (Å²) in [5.41, 5.74) is -0.654. The molecule has 0 aromatic carbocycles. The van der Waals surface area contributed by atoms with Crippen LogP contribution in [0, 0.1) is 5.41 Å². The molecule has 0 fully saturated rings. The molecule has 0 aliphatic rings. The molecule has 2 N–H and O–H groups in total. The molecule has 0 heterocycles. The molecule has 12 heavy (non-hydrogen) atoms. The summed E-state index contributed by atoms with van der Waals surface area (Å²) in [4.78, 5) is 10.6. The Bertz CT molecular complexity index is 148. The van der Waals surface area contributed by atoms with E-state index in [0.717, 1.165) is 12.3 Å². The number of hydrogen-bond acceptors (Lipinski definition) is 3. The van der Waals surface area contributed by atoms with Crippen molar-refractivity contribution in [3.8, 4) is 0 Å². The standard InChI is InChI=1S/C8H17NO2S/c1-8(2,7(10)11)6-9-4-5-12-3/h9H,4-6H2,1-3H3,(H,10,11). The van der Waals surface area contributed by atoms with Crippen molar-refractivity contribution in [2.75, 3.05) is 25.1 Å². The summed E-state index contributed by atoms with van der Waals surface area (Å²) in [5.74, 6) is 0.273. The second kappa shape index (κ2) is 5.43. The smallest absolute Gasteiger partial charge is 0.310 e. The minimum absolute atomic E-state index is 0.531. The van der Waals surface area contributed by atoms with Gasteiger partial charge in [-0.1, -0.05) is 0 Å². The van der Waals surface area contributed by atoms with Gasteiger partial charge in [-0.05, 0) is 20.1 Å². The minimum Gasteiger partial charge on any atom is -0.481 e. The number of carboxylic acids is 1. The van der Waals surface area contributed by atoms with Crippen molar-refractivity contribution < 1.29 is 9.90 Å². The van der Waals surface area contributed by atoms with Crippen LogP contribution in [0.1, 0.15) is 13.8 Å². The van der Waals surface area contributed by atoms with Gasteiger partial charge >= 0.3 is 5.97 Å². The van der Waals surface area contributed by atoms with E-state index in [0.29, 0.717) is 6.54 Å². The number of aliphatic carboxylic acids is 1. The molecule has 4 heteroatoms.